The molecular weight excluding hydrogens is 490 g/mol. The first-order valence-electron chi connectivity index (χ1n) is 15.4. The fourth-order valence-corrected chi connectivity index (χ4v) is 4.50. The zero-order valence-corrected chi connectivity index (χ0v) is 25.7. The first-order valence-corrected chi connectivity index (χ1v) is 15.4. The number of rotatable bonds is 22. The molecule has 39 heavy (non-hydrogen) atoms. The average Bonchev–Trinajstić information content (AvgIpc) is 2.94. The summed E-state index contributed by atoms with van der Waals surface area (Å²) in [7, 11) is 0. The molecular formula is C31H56N5O3+. The van der Waals surface area contributed by atoms with Crippen LogP contribution in [0.5, 0.6) is 5.75 Å². The molecule has 0 saturated carbocycles. The first-order chi connectivity index (χ1) is 18.9. The van der Waals surface area contributed by atoms with Crippen LogP contribution in [-0.4, -0.2) is 67.0 Å². The highest BCUT2D eigenvalue weighted by molar-refractivity contribution is 6.16. The van der Waals surface area contributed by atoms with Gasteiger partial charge in [0.15, 0.2) is 11.4 Å². The van der Waals surface area contributed by atoms with E-state index in [9.17, 15) is 9.59 Å². The zero-order valence-electron chi connectivity index (χ0n) is 25.7. The fourth-order valence-electron chi connectivity index (χ4n) is 4.50. The molecule has 0 aliphatic heterocycles. The van der Waals surface area contributed by atoms with Crippen molar-refractivity contribution in [2.45, 2.75) is 112 Å². The van der Waals surface area contributed by atoms with Crippen LogP contribution in [-0.2, 0) is 9.59 Å². The van der Waals surface area contributed by atoms with E-state index in [1.165, 1.54) is 4.90 Å². The van der Waals surface area contributed by atoms with E-state index in [1.807, 2.05) is 0 Å². The molecule has 0 unspecified atom stereocenters. The van der Waals surface area contributed by atoms with Gasteiger partial charge >= 0.3 is 0 Å². The minimum absolute atomic E-state index is 0.00207. The summed E-state index contributed by atoms with van der Waals surface area (Å²) in [6.07, 6.45) is 9.99. The highest BCUT2D eigenvalue weighted by atomic mass is 16.5. The van der Waals surface area contributed by atoms with Crippen molar-refractivity contribution in [3.8, 4) is 5.75 Å². The van der Waals surface area contributed by atoms with Crippen LogP contribution in [0.3, 0.4) is 0 Å². The van der Waals surface area contributed by atoms with E-state index in [1.54, 1.807) is 18.2 Å². The lowest BCUT2D eigenvalue weighted by molar-refractivity contribution is -0.210. The van der Waals surface area contributed by atoms with Gasteiger partial charge in [0.05, 0.1) is 24.9 Å². The summed E-state index contributed by atoms with van der Waals surface area (Å²) in [4.78, 5) is 33.5. The Morgan fingerprint density at radius 3 is 1.56 bits per heavy atom. The highest BCUT2D eigenvalue weighted by Crippen LogP contribution is 2.33. The third kappa shape index (κ3) is 12.6. The third-order valence-corrected chi connectivity index (χ3v) is 7.07. The number of carbonyl (C=O) groups is 2. The molecule has 2 N–H and O–H groups in total. The smallest absolute Gasteiger partial charge is 0.247 e. The minimum Gasteiger partial charge on any atom is -0.488 e. The summed E-state index contributed by atoms with van der Waals surface area (Å²) in [6.45, 7) is 16.6. The molecule has 0 radical (unpaired) electrons. The van der Waals surface area contributed by atoms with E-state index < -0.39 is 0 Å². The molecule has 0 fully saturated rings. The Kier molecular flexibility index (Phi) is 18.3. The number of carbonyl (C=O) groups excluding carboxylic acids is 2. The van der Waals surface area contributed by atoms with E-state index in [4.69, 9.17) is 10.3 Å². The zero-order chi connectivity index (χ0) is 29.0. The number of benzene rings is 1. The number of nitrogens with zero attached hydrogens (tertiary/aromatic N) is 4. The number of unbranched alkanes of at least 4 members (excludes halogenated alkanes) is 4. The lowest BCUT2D eigenvalue weighted by atomic mass is 10.2. The number of anilines is 1. The number of hydrogen-bond acceptors (Lipinski definition) is 6. The Labute approximate surface area is 238 Å². The van der Waals surface area contributed by atoms with Crippen molar-refractivity contribution in [2.75, 3.05) is 44.2 Å². The minimum atomic E-state index is -0.205. The van der Waals surface area contributed by atoms with Crippen molar-refractivity contribution in [1.82, 2.24) is 9.80 Å². The van der Waals surface area contributed by atoms with Crippen molar-refractivity contribution in [1.29, 1.82) is 0 Å². The molecule has 0 spiro atoms. The third-order valence-electron chi connectivity index (χ3n) is 7.07. The Balaban J connectivity index is 3.41. The second-order valence-electron chi connectivity index (χ2n) is 10.4. The summed E-state index contributed by atoms with van der Waals surface area (Å²) >= 11 is 0. The number of nitrogens with two attached hydrogens (primary N) is 1. The molecule has 0 atom stereocenters. The SMILES string of the molecule is CCCCN(CCCC)CC(=O)N(C(=O)CN(CCCC)CCCC)c1ccc(N=[NH2+])c(OC(CC)CC)c1. The van der Waals surface area contributed by atoms with Crippen molar-refractivity contribution >= 4 is 23.2 Å². The first kappa shape index (κ1) is 34.7. The molecule has 0 bridgehead atoms. The van der Waals surface area contributed by atoms with Gasteiger partial charge in [0.1, 0.15) is 0 Å². The van der Waals surface area contributed by atoms with Crippen LogP contribution in [0.4, 0.5) is 11.4 Å². The monoisotopic (exact) mass is 546 g/mol. The Morgan fingerprint density at radius 1 is 0.769 bits per heavy atom. The maximum Gasteiger partial charge on any atom is 0.247 e. The molecule has 2 amide bonds. The topological polar surface area (TPSA) is 91.0 Å². The van der Waals surface area contributed by atoms with Crippen LogP contribution in [0.1, 0.15) is 106 Å². The second-order valence-corrected chi connectivity index (χ2v) is 10.4. The predicted octanol–water partition coefficient (Wildman–Crippen LogP) is 5.76. The van der Waals surface area contributed by atoms with Crippen LogP contribution in [0, 0.1) is 0 Å². The molecule has 8 heteroatoms. The quantitative estimate of drug-likeness (QED) is 0.187. The molecule has 0 aliphatic rings. The largest absolute Gasteiger partial charge is 0.488 e. The van der Waals surface area contributed by atoms with Gasteiger partial charge in [0.2, 0.25) is 11.8 Å². The molecule has 1 aromatic carbocycles. The van der Waals surface area contributed by atoms with Gasteiger partial charge in [-0.25, -0.2) is 4.90 Å². The molecule has 1 rings (SSSR count). The number of amides is 2. The predicted molar refractivity (Wildman–Crippen MR) is 160 cm³/mol. The van der Waals surface area contributed by atoms with Crippen LogP contribution < -0.4 is 15.2 Å². The van der Waals surface area contributed by atoms with E-state index in [2.05, 4.69) is 56.5 Å². The standard InChI is InChI=1S/C31H55N5O3/c1-7-13-19-34(20-14-8-2)24-30(37)36(31(38)25-35(21-15-9-3)22-16-10-4)26-17-18-28(33-32)29(23-26)39-27(11-5)12-6/h17-18,23,27,32H,7-16,19-22,24-25H2,1-6H3/p+1. The lowest BCUT2D eigenvalue weighted by Gasteiger charge is -2.29. The van der Waals surface area contributed by atoms with Gasteiger partial charge in [-0.1, -0.05) is 67.2 Å². The summed E-state index contributed by atoms with van der Waals surface area (Å²) in [5, 5.41) is 3.88. The van der Waals surface area contributed by atoms with E-state index in [0.29, 0.717) is 17.1 Å². The van der Waals surface area contributed by atoms with Crippen LogP contribution >= 0.6 is 0 Å². The van der Waals surface area contributed by atoms with E-state index in [-0.39, 0.29) is 31.0 Å². The van der Waals surface area contributed by atoms with Crippen molar-refractivity contribution in [3.63, 3.8) is 0 Å². The summed E-state index contributed by atoms with van der Waals surface area (Å²) < 4.78 is 6.22. The number of hydrogen-bond donors (Lipinski definition) is 1. The van der Waals surface area contributed by atoms with Gasteiger partial charge in [-0.05, 0) is 82.0 Å². The molecule has 1 aromatic rings. The summed E-state index contributed by atoms with van der Waals surface area (Å²) in [6, 6.07) is 5.25. The van der Waals surface area contributed by atoms with Crippen molar-refractivity contribution in [3.05, 3.63) is 18.2 Å². The van der Waals surface area contributed by atoms with Gasteiger partial charge in [0.25, 0.3) is 0 Å². The second kappa shape index (κ2) is 20.6. The van der Waals surface area contributed by atoms with Gasteiger partial charge in [0, 0.05) is 6.07 Å². The normalized spacial score (nSPS) is 11.4. The van der Waals surface area contributed by atoms with Crippen LogP contribution in [0.2, 0.25) is 0 Å². The van der Waals surface area contributed by atoms with Crippen LogP contribution in [0.25, 0.3) is 0 Å². The van der Waals surface area contributed by atoms with Gasteiger partial charge in [-0.15, -0.1) is 0 Å². The highest BCUT2D eigenvalue weighted by Gasteiger charge is 2.28. The maximum atomic E-state index is 13.9. The Bertz CT molecular complexity index is 794. The molecule has 0 saturated heterocycles. The van der Waals surface area contributed by atoms with Crippen molar-refractivity contribution < 1.29 is 19.9 Å². The lowest BCUT2D eigenvalue weighted by Crippen LogP contribution is -2.48. The Morgan fingerprint density at radius 2 is 1.21 bits per heavy atom. The van der Waals surface area contributed by atoms with Gasteiger partial charge in [-0.2, -0.15) is 5.53 Å². The van der Waals surface area contributed by atoms with E-state index in [0.717, 1.165) is 90.4 Å². The van der Waals surface area contributed by atoms with Gasteiger partial charge < -0.3 is 4.74 Å². The number of imide groups is 1. The summed E-state index contributed by atoms with van der Waals surface area (Å²) in [5.41, 5.74) is 6.67. The van der Waals surface area contributed by atoms with Crippen LogP contribution in [0.15, 0.2) is 23.3 Å². The van der Waals surface area contributed by atoms with Gasteiger partial charge in [-0.3, -0.25) is 19.4 Å². The number of ether oxygens (including phenoxy) is 1. The molecule has 222 valence electrons. The Hall–Kier alpha value is -2.32. The molecule has 0 aromatic heterocycles. The molecule has 0 aliphatic carbocycles. The fraction of sp³-hybridized carbons (Fsp3) is 0.742. The molecule has 0 heterocycles. The maximum absolute atomic E-state index is 13.9. The molecule has 8 nitrogen and oxygen atoms in total. The van der Waals surface area contributed by atoms with E-state index >= 15 is 0 Å². The average molecular weight is 547 g/mol. The van der Waals surface area contributed by atoms with Crippen molar-refractivity contribution in [2.24, 2.45) is 5.11 Å². The summed E-state index contributed by atoms with van der Waals surface area (Å²) in [5.74, 6) is 0.0880.